The summed E-state index contributed by atoms with van der Waals surface area (Å²) in [6.07, 6.45) is 3.73. The average Bonchev–Trinajstić information content (AvgIpc) is 2.47. The van der Waals surface area contributed by atoms with Crippen molar-refractivity contribution in [3.63, 3.8) is 0 Å². The van der Waals surface area contributed by atoms with Crippen LogP contribution >= 0.6 is 0 Å². The predicted octanol–water partition coefficient (Wildman–Crippen LogP) is 2.72. The predicted molar refractivity (Wildman–Crippen MR) is 87.5 cm³/mol. The highest BCUT2D eigenvalue weighted by molar-refractivity contribution is 6.01. The Hall–Kier alpha value is -1.81. The lowest BCUT2D eigenvalue weighted by Crippen LogP contribution is -2.37. The van der Waals surface area contributed by atoms with Crippen molar-refractivity contribution in [2.75, 3.05) is 23.7 Å². The van der Waals surface area contributed by atoms with Crippen LogP contribution < -0.4 is 10.6 Å². The second kappa shape index (κ2) is 5.53. The molecule has 2 heterocycles. The molecule has 3 rings (SSSR count). The lowest BCUT2D eigenvalue weighted by molar-refractivity contribution is 0.110. The number of nitrogens with two attached hydrogens (primary N) is 1. The van der Waals surface area contributed by atoms with E-state index in [-0.39, 0.29) is 6.10 Å². The number of pyridine rings is 1. The van der Waals surface area contributed by atoms with Crippen molar-refractivity contribution in [2.24, 2.45) is 5.92 Å². The first-order chi connectivity index (χ1) is 10.1. The third kappa shape index (κ3) is 2.68. The first-order valence-electron chi connectivity index (χ1n) is 7.64. The molecular weight excluding hydrogens is 262 g/mol. The van der Waals surface area contributed by atoms with E-state index >= 15 is 0 Å². The van der Waals surface area contributed by atoms with Gasteiger partial charge in [-0.25, -0.2) is 0 Å². The fraction of sp³-hybridized carbons (Fsp3) is 0.471. The Bertz CT molecular complexity index is 646. The van der Waals surface area contributed by atoms with E-state index in [0.717, 1.165) is 42.7 Å². The molecule has 4 nitrogen and oxygen atoms in total. The average molecular weight is 285 g/mol. The number of hydrogen-bond donors (Lipinski definition) is 2. The molecule has 1 aromatic heterocycles. The van der Waals surface area contributed by atoms with Crippen molar-refractivity contribution in [2.45, 2.75) is 32.8 Å². The van der Waals surface area contributed by atoms with Crippen molar-refractivity contribution in [1.82, 2.24) is 4.98 Å². The highest BCUT2D eigenvalue weighted by atomic mass is 16.3. The maximum Gasteiger partial charge on any atom is 0.0541 e. The van der Waals surface area contributed by atoms with Crippen molar-refractivity contribution in [3.05, 3.63) is 30.1 Å². The summed E-state index contributed by atoms with van der Waals surface area (Å²) >= 11 is 0. The van der Waals surface area contributed by atoms with Crippen LogP contribution in [0.2, 0.25) is 0 Å². The van der Waals surface area contributed by atoms with Gasteiger partial charge in [0.15, 0.2) is 0 Å². The Morgan fingerprint density at radius 3 is 2.67 bits per heavy atom. The molecule has 4 heteroatoms. The summed E-state index contributed by atoms with van der Waals surface area (Å²) in [5, 5.41) is 11.9. The molecule has 1 unspecified atom stereocenters. The standard InChI is InChI=1S/C17H23N3O/c1-11-9-14-15(10-19-11)16(18)3-4-17(14)20-7-5-13(6-8-20)12(2)21/h3-4,9-10,12-13,21H,5-8,18H2,1-2H3. The topological polar surface area (TPSA) is 62.4 Å². The van der Waals surface area contributed by atoms with Crippen LogP contribution in [0.1, 0.15) is 25.5 Å². The van der Waals surface area contributed by atoms with Crippen molar-refractivity contribution in [1.29, 1.82) is 0 Å². The van der Waals surface area contributed by atoms with Gasteiger partial charge in [0.2, 0.25) is 0 Å². The fourth-order valence-electron chi connectivity index (χ4n) is 3.25. The minimum Gasteiger partial charge on any atom is -0.398 e. The summed E-state index contributed by atoms with van der Waals surface area (Å²) in [6.45, 7) is 5.87. The van der Waals surface area contributed by atoms with Gasteiger partial charge in [-0.15, -0.1) is 0 Å². The molecule has 2 aromatic rings. The Kier molecular flexibility index (Phi) is 3.72. The van der Waals surface area contributed by atoms with Gasteiger partial charge in [0.05, 0.1) is 6.10 Å². The summed E-state index contributed by atoms with van der Waals surface area (Å²) in [6, 6.07) is 6.19. The summed E-state index contributed by atoms with van der Waals surface area (Å²) in [7, 11) is 0. The molecule has 1 fully saturated rings. The van der Waals surface area contributed by atoms with E-state index in [4.69, 9.17) is 5.73 Å². The number of benzene rings is 1. The number of aliphatic hydroxyl groups excluding tert-OH is 1. The van der Waals surface area contributed by atoms with Gasteiger partial charge in [-0.3, -0.25) is 4.98 Å². The lowest BCUT2D eigenvalue weighted by Gasteiger charge is -2.35. The van der Waals surface area contributed by atoms with Gasteiger partial charge in [0, 0.05) is 47.1 Å². The lowest BCUT2D eigenvalue weighted by atomic mass is 9.91. The van der Waals surface area contributed by atoms with E-state index < -0.39 is 0 Å². The van der Waals surface area contributed by atoms with Crippen molar-refractivity contribution < 1.29 is 5.11 Å². The zero-order valence-electron chi connectivity index (χ0n) is 12.7. The molecule has 112 valence electrons. The molecule has 0 bridgehead atoms. The van der Waals surface area contributed by atoms with E-state index in [2.05, 4.69) is 22.0 Å². The van der Waals surface area contributed by atoms with Gasteiger partial charge in [-0.2, -0.15) is 0 Å². The molecule has 1 atom stereocenters. The summed E-state index contributed by atoms with van der Waals surface area (Å²) in [5.74, 6) is 0.421. The van der Waals surface area contributed by atoms with Crippen molar-refractivity contribution in [3.8, 4) is 0 Å². The SMILES string of the molecule is Cc1cc2c(N3CCC(C(C)O)CC3)ccc(N)c2cn1. The third-order valence-electron chi connectivity index (χ3n) is 4.61. The molecule has 21 heavy (non-hydrogen) atoms. The van der Waals surface area contributed by atoms with Crippen LogP contribution in [0.4, 0.5) is 11.4 Å². The molecule has 0 spiro atoms. The second-order valence-electron chi connectivity index (χ2n) is 6.11. The van der Waals surface area contributed by atoms with Crippen LogP contribution in [0.5, 0.6) is 0 Å². The monoisotopic (exact) mass is 285 g/mol. The maximum absolute atomic E-state index is 9.74. The quantitative estimate of drug-likeness (QED) is 0.833. The summed E-state index contributed by atoms with van der Waals surface area (Å²) in [4.78, 5) is 6.76. The van der Waals surface area contributed by atoms with Gasteiger partial charge >= 0.3 is 0 Å². The maximum atomic E-state index is 9.74. The third-order valence-corrected chi connectivity index (χ3v) is 4.61. The molecule has 3 N–H and O–H groups in total. The first kappa shape index (κ1) is 14.1. The number of hydrogen-bond acceptors (Lipinski definition) is 4. The number of nitrogens with zero attached hydrogens (tertiary/aromatic N) is 2. The normalized spacial score (nSPS) is 18.1. The Balaban J connectivity index is 1.94. The Morgan fingerprint density at radius 1 is 1.29 bits per heavy atom. The fourth-order valence-corrected chi connectivity index (χ4v) is 3.25. The molecule has 0 radical (unpaired) electrons. The molecule has 0 amide bonds. The largest absolute Gasteiger partial charge is 0.398 e. The highest BCUT2D eigenvalue weighted by Gasteiger charge is 2.23. The molecule has 1 aliphatic heterocycles. The Morgan fingerprint density at radius 2 is 2.00 bits per heavy atom. The first-order valence-corrected chi connectivity index (χ1v) is 7.64. The van der Waals surface area contributed by atoms with E-state index in [9.17, 15) is 5.11 Å². The number of aliphatic hydroxyl groups is 1. The number of aryl methyl sites for hydroxylation is 1. The molecule has 1 saturated heterocycles. The van der Waals surface area contributed by atoms with E-state index in [1.54, 1.807) is 0 Å². The van der Waals surface area contributed by atoms with Crippen LogP contribution in [0.3, 0.4) is 0 Å². The van der Waals surface area contributed by atoms with Gasteiger partial charge in [0.1, 0.15) is 0 Å². The van der Waals surface area contributed by atoms with Crippen molar-refractivity contribution >= 4 is 22.1 Å². The van der Waals surface area contributed by atoms with Crippen LogP contribution in [0, 0.1) is 12.8 Å². The number of aromatic nitrogens is 1. The number of piperidine rings is 1. The van der Waals surface area contributed by atoms with Crippen LogP contribution in [-0.4, -0.2) is 29.3 Å². The highest BCUT2D eigenvalue weighted by Crippen LogP contribution is 2.33. The van der Waals surface area contributed by atoms with Gasteiger partial charge < -0.3 is 15.7 Å². The Labute approximate surface area is 125 Å². The number of fused-ring (bicyclic) bond motifs is 1. The minimum atomic E-state index is -0.207. The number of rotatable bonds is 2. The summed E-state index contributed by atoms with van der Waals surface area (Å²) in [5.41, 5.74) is 9.09. The zero-order valence-corrected chi connectivity index (χ0v) is 12.7. The van der Waals surface area contributed by atoms with Crippen LogP contribution in [0.15, 0.2) is 24.4 Å². The van der Waals surface area contributed by atoms with E-state index in [1.807, 2.05) is 26.1 Å². The second-order valence-corrected chi connectivity index (χ2v) is 6.11. The van der Waals surface area contributed by atoms with Crippen LogP contribution in [-0.2, 0) is 0 Å². The van der Waals surface area contributed by atoms with Crippen LogP contribution in [0.25, 0.3) is 10.8 Å². The molecule has 0 saturated carbocycles. The number of anilines is 2. The zero-order chi connectivity index (χ0) is 15.0. The summed E-state index contributed by atoms with van der Waals surface area (Å²) < 4.78 is 0. The molecule has 1 aromatic carbocycles. The molecule has 0 aliphatic carbocycles. The number of nitrogen functional groups attached to an aromatic ring is 1. The minimum absolute atomic E-state index is 0.207. The van der Waals surface area contributed by atoms with E-state index in [1.165, 1.54) is 11.1 Å². The van der Waals surface area contributed by atoms with Gasteiger partial charge in [-0.1, -0.05) is 0 Å². The molecular formula is C17H23N3O. The van der Waals surface area contributed by atoms with Gasteiger partial charge in [0.25, 0.3) is 0 Å². The smallest absolute Gasteiger partial charge is 0.0541 e. The molecule has 1 aliphatic rings. The van der Waals surface area contributed by atoms with Gasteiger partial charge in [-0.05, 0) is 50.8 Å². The van der Waals surface area contributed by atoms with E-state index in [0.29, 0.717) is 5.92 Å².